The standard InChI is InChI=1S/C13H18N2O2/c14-12(16)11-4-2-10(3-5-11)8-15-9-13(17)6-1-7-13/h2-5,15,17H,1,6-9H2,(H2,14,16). The second kappa shape index (κ2) is 4.85. The van der Waals surface area contributed by atoms with Gasteiger partial charge in [-0.2, -0.15) is 0 Å². The quantitative estimate of drug-likeness (QED) is 0.705. The fraction of sp³-hybridized carbons (Fsp3) is 0.462. The van der Waals surface area contributed by atoms with Crippen LogP contribution in [0.15, 0.2) is 24.3 Å². The summed E-state index contributed by atoms with van der Waals surface area (Å²) in [4.78, 5) is 10.9. The van der Waals surface area contributed by atoms with Crippen molar-refractivity contribution in [2.24, 2.45) is 5.73 Å². The molecule has 0 bridgehead atoms. The van der Waals surface area contributed by atoms with Crippen molar-refractivity contribution < 1.29 is 9.90 Å². The summed E-state index contributed by atoms with van der Waals surface area (Å²) >= 11 is 0. The van der Waals surface area contributed by atoms with Gasteiger partial charge < -0.3 is 16.2 Å². The average Bonchev–Trinajstić information content (AvgIpc) is 2.27. The molecule has 0 radical (unpaired) electrons. The molecular weight excluding hydrogens is 216 g/mol. The van der Waals surface area contributed by atoms with Gasteiger partial charge in [0.25, 0.3) is 0 Å². The number of rotatable bonds is 5. The minimum atomic E-state index is -0.493. The number of primary amides is 1. The number of nitrogens with two attached hydrogens (primary N) is 1. The Kier molecular flexibility index (Phi) is 3.45. The summed E-state index contributed by atoms with van der Waals surface area (Å²) in [6.07, 6.45) is 2.90. The molecule has 0 unspecified atom stereocenters. The lowest BCUT2D eigenvalue weighted by Crippen LogP contribution is -2.45. The summed E-state index contributed by atoms with van der Waals surface area (Å²) < 4.78 is 0. The van der Waals surface area contributed by atoms with E-state index in [4.69, 9.17) is 5.73 Å². The first-order valence-corrected chi connectivity index (χ1v) is 5.91. The number of nitrogens with one attached hydrogen (secondary N) is 1. The highest BCUT2D eigenvalue weighted by Crippen LogP contribution is 2.30. The Morgan fingerprint density at radius 3 is 2.47 bits per heavy atom. The lowest BCUT2D eigenvalue weighted by Gasteiger charge is -2.36. The summed E-state index contributed by atoms with van der Waals surface area (Å²) in [6.45, 7) is 1.33. The topological polar surface area (TPSA) is 75.4 Å². The van der Waals surface area contributed by atoms with Gasteiger partial charge in [0, 0.05) is 18.7 Å². The SMILES string of the molecule is NC(=O)c1ccc(CNCC2(O)CCC2)cc1. The zero-order valence-electron chi connectivity index (χ0n) is 9.78. The molecule has 0 atom stereocenters. The zero-order chi connectivity index (χ0) is 12.3. The molecule has 4 nitrogen and oxygen atoms in total. The predicted molar refractivity (Wildman–Crippen MR) is 65.5 cm³/mol. The molecule has 0 saturated heterocycles. The molecule has 0 aromatic heterocycles. The molecule has 2 rings (SSSR count). The van der Waals surface area contributed by atoms with Crippen molar-refractivity contribution in [1.29, 1.82) is 0 Å². The lowest BCUT2D eigenvalue weighted by molar-refractivity contribution is -0.0314. The van der Waals surface area contributed by atoms with E-state index in [-0.39, 0.29) is 0 Å². The molecule has 1 aliphatic rings. The van der Waals surface area contributed by atoms with Crippen LogP contribution in [0, 0.1) is 0 Å². The average molecular weight is 234 g/mol. The number of aliphatic hydroxyl groups is 1. The highest BCUT2D eigenvalue weighted by Gasteiger charge is 2.33. The van der Waals surface area contributed by atoms with Crippen LogP contribution >= 0.6 is 0 Å². The van der Waals surface area contributed by atoms with E-state index in [0.29, 0.717) is 18.7 Å². The molecule has 1 fully saturated rings. The number of hydrogen-bond acceptors (Lipinski definition) is 3. The highest BCUT2D eigenvalue weighted by molar-refractivity contribution is 5.92. The summed E-state index contributed by atoms with van der Waals surface area (Å²) in [6, 6.07) is 7.19. The summed E-state index contributed by atoms with van der Waals surface area (Å²) in [5.41, 5.74) is 6.27. The van der Waals surface area contributed by atoms with Gasteiger partial charge in [0.05, 0.1) is 5.60 Å². The fourth-order valence-electron chi connectivity index (χ4n) is 1.99. The molecule has 0 heterocycles. The Balaban J connectivity index is 1.80. The second-order valence-electron chi connectivity index (χ2n) is 4.74. The first-order chi connectivity index (χ1) is 8.09. The van der Waals surface area contributed by atoms with Crippen LogP contribution in [0.4, 0.5) is 0 Å². The van der Waals surface area contributed by atoms with Crippen molar-refractivity contribution in [3.05, 3.63) is 35.4 Å². The van der Waals surface area contributed by atoms with E-state index in [1.165, 1.54) is 0 Å². The van der Waals surface area contributed by atoms with Gasteiger partial charge in [0.1, 0.15) is 0 Å². The summed E-state index contributed by atoms with van der Waals surface area (Å²) in [7, 11) is 0. The van der Waals surface area contributed by atoms with E-state index in [0.717, 1.165) is 24.8 Å². The summed E-state index contributed by atoms with van der Waals surface area (Å²) in [5, 5.41) is 13.1. The van der Waals surface area contributed by atoms with Crippen LogP contribution in [0.1, 0.15) is 35.2 Å². The molecular formula is C13H18N2O2. The van der Waals surface area contributed by atoms with Gasteiger partial charge in [-0.05, 0) is 37.0 Å². The maximum atomic E-state index is 10.9. The fourth-order valence-corrected chi connectivity index (χ4v) is 1.99. The second-order valence-corrected chi connectivity index (χ2v) is 4.74. The first-order valence-electron chi connectivity index (χ1n) is 5.91. The normalized spacial score (nSPS) is 17.5. The number of hydrogen-bond donors (Lipinski definition) is 3. The molecule has 1 aromatic carbocycles. The van der Waals surface area contributed by atoms with Gasteiger partial charge in [0.15, 0.2) is 0 Å². The van der Waals surface area contributed by atoms with Crippen LogP contribution in [-0.4, -0.2) is 23.2 Å². The van der Waals surface area contributed by atoms with Gasteiger partial charge in [-0.15, -0.1) is 0 Å². The summed E-state index contributed by atoms with van der Waals surface area (Å²) in [5.74, 6) is -0.409. The Morgan fingerprint density at radius 1 is 1.35 bits per heavy atom. The van der Waals surface area contributed by atoms with Crippen LogP contribution in [0.5, 0.6) is 0 Å². The smallest absolute Gasteiger partial charge is 0.248 e. The van der Waals surface area contributed by atoms with Crippen LogP contribution in [0.25, 0.3) is 0 Å². The third kappa shape index (κ3) is 3.05. The molecule has 4 N–H and O–H groups in total. The van der Waals surface area contributed by atoms with Gasteiger partial charge >= 0.3 is 0 Å². The van der Waals surface area contributed by atoms with Crippen LogP contribution < -0.4 is 11.1 Å². The molecule has 4 heteroatoms. The van der Waals surface area contributed by atoms with Crippen LogP contribution in [0.3, 0.4) is 0 Å². The van der Waals surface area contributed by atoms with Gasteiger partial charge in [-0.25, -0.2) is 0 Å². The molecule has 17 heavy (non-hydrogen) atoms. The largest absolute Gasteiger partial charge is 0.389 e. The van der Waals surface area contributed by atoms with Crippen molar-refractivity contribution in [1.82, 2.24) is 5.32 Å². The van der Waals surface area contributed by atoms with Crippen molar-refractivity contribution in [2.75, 3.05) is 6.54 Å². The molecule has 1 saturated carbocycles. The Bertz CT molecular complexity index is 396. The number of amides is 1. The number of carbonyl (C=O) groups excluding carboxylic acids is 1. The number of carbonyl (C=O) groups is 1. The van der Waals surface area contributed by atoms with E-state index < -0.39 is 11.5 Å². The van der Waals surface area contributed by atoms with E-state index in [1.54, 1.807) is 12.1 Å². The third-order valence-corrected chi connectivity index (χ3v) is 3.31. The van der Waals surface area contributed by atoms with E-state index >= 15 is 0 Å². The van der Waals surface area contributed by atoms with Crippen molar-refractivity contribution >= 4 is 5.91 Å². The van der Waals surface area contributed by atoms with Gasteiger partial charge in [-0.1, -0.05) is 12.1 Å². The van der Waals surface area contributed by atoms with E-state index in [2.05, 4.69) is 5.32 Å². The van der Waals surface area contributed by atoms with Crippen LogP contribution in [-0.2, 0) is 6.54 Å². The van der Waals surface area contributed by atoms with Crippen molar-refractivity contribution in [2.45, 2.75) is 31.4 Å². The van der Waals surface area contributed by atoms with Crippen LogP contribution in [0.2, 0.25) is 0 Å². The van der Waals surface area contributed by atoms with Crippen molar-refractivity contribution in [3.63, 3.8) is 0 Å². The predicted octanol–water partition coefficient (Wildman–Crippen LogP) is 0.790. The van der Waals surface area contributed by atoms with Gasteiger partial charge in [0.2, 0.25) is 5.91 Å². The van der Waals surface area contributed by atoms with E-state index in [9.17, 15) is 9.90 Å². The van der Waals surface area contributed by atoms with E-state index in [1.807, 2.05) is 12.1 Å². The van der Waals surface area contributed by atoms with Crippen molar-refractivity contribution in [3.8, 4) is 0 Å². The molecule has 1 aliphatic carbocycles. The maximum absolute atomic E-state index is 10.9. The minimum Gasteiger partial charge on any atom is -0.389 e. The minimum absolute atomic E-state index is 0.409. The molecule has 92 valence electrons. The third-order valence-electron chi connectivity index (χ3n) is 3.31. The van der Waals surface area contributed by atoms with Gasteiger partial charge in [-0.3, -0.25) is 4.79 Å². The first kappa shape index (κ1) is 12.1. The maximum Gasteiger partial charge on any atom is 0.248 e. The molecule has 1 aromatic rings. The monoisotopic (exact) mass is 234 g/mol. The number of benzene rings is 1. The Hall–Kier alpha value is -1.39. The lowest BCUT2D eigenvalue weighted by atomic mass is 9.80. The Morgan fingerprint density at radius 2 is 2.00 bits per heavy atom. The highest BCUT2D eigenvalue weighted by atomic mass is 16.3. The molecule has 0 aliphatic heterocycles. The molecule has 0 spiro atoms. The zero-order valence-corrected chi connectivity index (χ0v) is 9.78. The molecule has 1 amide bonds. The Labute approximate surface area is 101 Å².